The van der Waals surface area contributed by atoms with Crippen molar-refractivity contribution in [2.75, 3.05) is 6.54 Å². The molecule has 0 radical (unpaired) electrons. The number of aliphatic hydroxyl groups excluding tert-OH is 1. The van der Waals surface area contributed by atoms with Gasteiger partial charge in [0.1, 0.15) is 5.15 Å². The number of carbonyl (C=O) groups is 1. The molecule has 0 saturated heterocycles. The Hall–Kier alpha value is -1.33. The number of hydrogen-bond donors (Lipinski definition) is 2. The lowest BCUT2D eigenvalue weighted by Gasteiger charge is -2.15. The largest absolute Gasteiger partial charge is 0.386 e. The Morgan fingerprint density at radius 1 is 1.19 bits per heavy atom. The second-order valence-electron chi connectivity index (χ2n) is 4.23. The SMILES string of the molecule is O=C(NCC(O)c1c(Cl)cccc1Cl)c1ccc(Cl)nc1. The van der Waals surface area contributed by atoms with Crippen LogP contribution in [0.25, 0.3) is 0 Å². The van der Waals surface area contributed by atoms with E-state index in [1.165, 1.54) is 12.3 Å². The van der Waals surface area contributed by atoms with Gasteiger partial charge in [0, 0.05) is 28.4 Å². The minimum atomic E-state index is -1.00. The van der Waals surface area contributed by atoms with E-state index in [4.69, 9.17) is 34.8 Å². The van der Waals surface area contributed by atoms with Gasteiger partial charge in [-0.25, -0.2) is 4.98 Å². The summed E-state index contributed by atoms with van der Waals surface area (Å²) in [6.07, 6.45) is 0.349. The molecule has 0 aliphatic heterocycles. The molecule has 2 rings (SSSR count). The van der Waals surface area contributed by atoms with E-state index in [0.717, 1.165) is 0 Å². The van der Waals surface area contributed by atoms with Crippen molar-refractivity contribution in [1.29, 1.82) is 0 Å². The summed E-state index contributed by atoms with van der Waals surface area (Å²) in [4.78, 5) is 15.7. The van der Waals surface area contributed by atoms with Crippen LogP contribution in [-0.2, 0) is 0 Å². The van der Waals surface area contributed by atoms with Crippen LogP contribution in [0.15, 0.2) is 36.5 Å². The van der Waals surface area contributed by atoms with Crippen LogP contribution in [0.5, 0.6) is 0 Å². The Kier molecular flexibility index (Phi) is 5.42. The topological polar surface area (TPSA) is 62.2 Å². The molecule has 4 nitrogen and oxygen atoms in total. The maximum atomic E-state index is 11.9. The molecule has 1 aromatic heterocycles. The number of nitrogens with zero attached hydrogens (tertiary/aromatic N) is 1. The summed E-state index contributed by atoms with van der Waals surface area (Å²) in [7, 11) is 0. The Labute approximate surface area is 136 Å². The van der Waals surface area contributed by atoms with Crippen molar-refractivity contribution in [2.24, 2.45) is 0 Å². The van der Waals surface area contributed by atoms with Gasteiger partial charge in [0.15, 0.2) is 0 Å². The van der Waals surface area contributed by atoms with Crippen molar-refractivity contribution in [3.63, 3.8) is 0 Å². The van der Waals surface area contributed by atoms with Crippen molar-refractivity contribution in [1.82, 2.24) is 10.3 Å². The Bertz CT molecular complexity index is 627. The lowest BCUT2D eigenvalue weighted by molar-refractivity contribution is 0.0916. The molecule has 0 bridgehead atoms. The highest BCUT2D eigenvalue weighted by Gasteiger charge is 2.16. The molecule has 1 amide bonds. The minimum absolute atomic E-state index is 0.0229. The van der Waals surface area contributed by atoms with Crippen LogP contribution in [-0.4, -0.2) is 22.5 Å². The average molecular weight is 346 g/mol. The van der Waals surface area contributed by atoms with Gasteiger partial charge in [-0.1, -0.05) is 40.9 Å². The van der Waals surface area contributed by atoms with E-state index in [9.17, 15) is 9.90 Å². The zero-order valence-electron chi connectivity index (χ0n) is 10.7. The molecule has 21 heavy (non-hydrogen) atoms. The van der Waals surface area contributed by atoms with Crippen molar-refractivity contribution < 1.29 is 9.90 Å². The van der Waals surface area contributed by atoms with Crippen LogP contribution < -0.4 is 5.32 Å². The van der Waals surface area contributed by atoms with E-state index in [-0.39, 0.29) is 12.5 Å². The van der Waals surface area contributed by atoms with Gasteiger partial charge in [-0.3, -0.25) is 4.79 Å². The Morgan fingerprint density at radius 3 is 2.43 bits per heavy atom. The summed E-state index contributed by atoms with van der Waals surface area (Å²) < 4.78 is 0. The van der Waals surface area contributed by atoms with Gasteiger partial charge in [-0.2, -0.15) is 0 Å². The van der Waals surface area contributed by atoms with Gasteiger partial charge >= 0.3 is 0 Å². The number of pyridine rings is 1. The summed E-state index contributed by atoms with van der Waals surface area (Å²) in [6.45, 7) is -0.0229. The first-order valence-electron chi connectivity index (χ1n) is 6.00. The van der Waals surface area contributed by atoms with Crippen LogP contribution >= 0.6 is 34.8 Å². The van der Waals surface area contributed by atoms with Gasteiger partial charge < -0.3 is 10.4 Å². The molecule has 0 saturated carbocycles. The summed E-state index contributed by atoms with van der Waals surface area (Å²) in [5.74, 6) is -0.374. The average Bonchev–Trinajstić information content (AvgIpc) is 2.45. The van der Waals surface area contributed by atoms with Crippen LogP contribution in [0.3, 0.4) is 0 Å². The van der Waals surface area contributed by atoms with Crippen molar-refractivity contribution >= 4 is 40.7 Å². The minimum Gasteiger partial charge on any atom is -0.386 e. The fourth-order valence-electron chi connectivity index (χ4n) is 1.73. The van der Waals surface area contributed by atoms with Crippen LogP contribution in [0, 0.1) is 0 Å². The quantitative estimate of drug-likeness (QED) is 0.834. The number of benzene rings is 1. The zero-order chi connectivity index (χ0) is 15.4. The monoisotopic (exact) mass is 344 g/mol. The predicted molar refractivity (Wildman–Crippen MR) is 83.0 cm³/mol. The summed E-state index contributed by atoms with van der Waals surface area (Å²) in [5, 5.41) is 13.7. The Balaban J connectivity index is 2.02. The van der Waals surface area contributed by atoms with E-state index < -0.39 is 6.10 Å². The third-order valence-electron chi connectivity index (χ3n) is 2.78. The third kappa shape index (κ3) is 4.08. The normalized spacial score (nSPS) is 12.0. The van der Waals surface area contributed by atoms with Gasteiger partial charge in [0.25, 0.3) is 5.91 Å². The first-order chi connectivity index (χ1) is 9.99. The number of aromatic nitrogens is 1. The van der Waals surface area contributed by atoms with Crippen molar-refractivity contribution in [3.05, 3.63) is 62.9 Å². The summed E-state index contributed by atoms with van der Waals surface area (Å²) in [6, 6.07) is 7.98. The second-order valence-corrected chi connectivity index (χ2v) is 5.43. The highest BCUT2D eigenvalue weighted by Crippen LogP contribution is 2.29. The van der Waals surface area contributed by atoms with Gasteiger partial charge in [0.2, 0.25) is 0 Å². The van der Waals surface area contributed by atoms with Gasteiger partial charge in [0.05, 0.1) is 11.7 Å². The van der Waals surface area contributed by atoms with Crippen LogP contribution in [0.1, 0.15) is 22.0 Å². The lowest BCUT2D eigenvalue weighted by Crippen LogP contribution is -2.28. The molecule has 1 aromatic carbocycles. The standard InChI is InChI=1S/C14H11Cl3N2O2/c15-9-2-1-3-10(16)13(9)11(20)7-19-14(21)8-4-5-12(17)18-6-8/h1-6,11,20H,7H2,(H,19,21). The number of halogens is 3. The van der Waals surface area contributed by atoms with Crippen LogP contribution in [0.2, 0.25) is 15.2 Å². The molecule has 2 N–H and O–H groups in total. The fraction of sp³-hybridized carbons (Fsp3) is 0.143. The van der Waals surface area contributed by atoms with Gasteiger partial charge in [-0.05, 0) is 24.3 Å². The van der Waals surface area contributed by atoms with E-state index in [1.54, 1.807) is 24.3 Å². The molecule has 110 valence electrons. The molecule has 1 atom stereocenters. The number of nitrogens with one attached hydrogen (secondary N) is 1. The number of amides is 1. The number of hydrogen-bond acceptors (Lipinski definition) is 3. The summed E-state index contributed by atoms with van der Waals surface area (Å²) in [5.41, 5.74) is 0.729. The fourth-order valence-corrected chi connectivity index (χ4v) is 2.49. The lowest BCUT2D eigenvalue weighted by atomic mass is 10.1. The van der Waals surface area contributed by atoms with E-state index >= 15 is 0 Å². The summed E-state index contributed by atoms with van der Waals surface area (Å²) >= 11 is 17.6. The molecule has 1 unspecified atom stereocenters. The molecular formula is C14H11Cl3N2O2. The zero-order valence-corrected chi connectivity index (χ0v) is 13.0. The molecule has 0 spiro atoms. The third-order valence-corrected chi connectivity index (χ3v) is 3.66. The molecule has 7 heteroatoms. The number of aliphatic hydroxyl groups is 1. The molecule has 0 aliphatic carbocycles. The van der Waals surface area contributed by atoms with Crippen molar-refractivity contribution in [2.45, 2.75) is 6.10 Å². The maximum Gasteiger partial charge on any atom is 0.252 e. The first-order valence-corrected chi connectivity index (χ1v) is 7.14. The predicted octanol–water partition coefficient (Wildman–Crippen LogP) is 3.51. The number of carbonyl (C=O) groups excluding carboxylic acids is 1. The highest BCUT2D eigenvalue weighted by molar-refractivity contribution is 6.36. The van der Waals surface area contributed by atoms with E-state index in [0.29, 0.717) is 26.3 Å². The van der Waals surface area contributed by atoms with Gasteiger partial charge in [-0.15, -0.1) is 0 Å². The smallest absolute Gasteiger partial charge is 0.252 e. The molecule has 1 heterocycles. The molecule has 0 fully saturated rings. The van der Waals surface area contributed by atoms with E-state index in [2.05, 4.69) is 10.3 Å². The van der Waals surface area contributed by atoms with E-state index in [1.807, 2.05) is 0 Å². The maximum absolute atomic E-state index is 11.9. The molecular weight excluding hydrogens is 335 g/mol. The second kappa shape index (κ2) is 7.09. The highest BCUT2D eigenvalue weighted by atomic mass is 35.5. The van der Waals surface area contributed by atoms with Crippen molar-refractivity contribution in [3.8, 4) is 0 Å². The number of rotatable bonds is 4. The molecule has 2 aromatic rings. The van der Waals surface area contributed by atoms with Crippen LogP contribution in [0.4, 0.5) is 0 Å². The first kappa shape index (κ1) is 16.0. The molecule has 0 aliphatic rings. The Morgan fingerprint density at radius 2 is 1.86 bits per heavy atom.